The van der Waals surface area contributed by atoms with Gasteiger partial charge >= 0.3 is 6.09 Å². The number of benzene rings is 1. The van der Waals surface area contributed by atoms with Crippen molar-refractivity contribution < 1.29 is 29.0 Å². The van der Waals surface area contributed by atoms with E-state index in [9.17, 15) is 19.5 Å². The number of rotatable bonds is 4. The molecule has 1 aromatic carbocycles. The van der Waals surface area contributed by atoms with Crippen LogP contribution in [-0.2, 0) is 14.3 Å². The second-order valence-electron chi connectivity index (χ2n) is 8.92. The van der Waals surface area contributed by atoms with E-state index in [-0.39, 0.29) is 23.9 Å². The standard InChI is InChI=1S/C22H29N3O6/c1-5-18(27)23-14-6-7-17(26)16(10-14)19(28)25-12-15(11-22(25)8-9-30-13-22)24-20(29)31-21(2,3)4/h5-7,10,15,26H,1,8-9,11-13H2,2-4H3,(H,23,27)(H,24,29). The van der Waals surface area contributed by atoms with Crippen LogP contribution in [0, 0.1) is 0 Å². The van der Waals surface area contributed by atoms with Gasteiger partial charge in [-0.1, -0.05) is 6.58 Å². The highest BCUT2D eigenvalue weighted by Gasteiger charge is 2.51. The molecular formula is C22H29N3O6. The Labute approximate surface area is 181 Å². The first kappa shape index (κ1) is 22.6. The lowest BCUT2D eigenvalue weighted by Gasteiger charge is -2.33. The third-order valence-electron chi connectivity index (χ3n) is 5.33. The summed E-state index contributed by atoms with van der Waals surface area (Å²) in [6, 6.07) is 3.97. The lowest BCUT2D eigenvalue weighted by molar-refractivity contribution is -0.111. The van der Waals surface area contributed by atoms with Crippen molar-refractivity contribution in [1.82, 2.24) is 10.2 Å². The molecule has 2 atom stereocenters. The van der Waals surface area contributed by atoms with Crippen molar-refractivity contribution in [2.45, 2.75) is 50.8 Å². The van der Waals surface area contributed by atoms with Crippen LogP contribution in [0.2, 0.25) is 0 Å². The number of hydrogen-bond acceptors (Lipinski definition) is 6. The van der Waals surface area contributed by atoms with Gasteiger partial charge in [-0.2, -0.15) is 0 Å². The zero-order valence-electron chi connectivity index (χ0n) is 18.1. The SMILES string of the molecule is C=CC(=O)Nc1ccc(O)c(C(=O)N2CC(NC(=O)OC(C)(C)C)CC23CCOC3)c1. The summed E-state index contributed by atoms with van der Waals surface area (Å²) < 4.78 is 10.9. The normalized spacial score (nSPS) is 22.9. The number of carbonyl (C=O) groups excluding carboxylic acids is 3. The molecule has 3 amide bonds. The Balaban J connectivity index is 1.82. The molecule has 2 aliphatic rings. The third-order valence-corrected chi connectivity index (χ3v) is 5.33. The first-order chi connectivity index (χ1) is 14.5. The maximum absolute atomic E-state index is 13.4. The summed E-state index contributed by atoms with van der Waals surface area (Å²) in [7, 11) is 0. The maximum atomic E-state index is 13.4. The Morgan fingerprint density at radius 1 is 1.35 bits per heavy atom. The summed E-state index contributed by atoms with van der Waals surface area (Å²) in [6.07, 6.45) is 1.72. The van der Waals surface area contributed by atoms with Gasteiger partial charge in [0.1, 0.15) is 11.4 Å². The number of amides is 3. The molecule has 168 valence electrons. The summed E-state index contributed by atoms with van der Waals surface area (Å²) in [4.78, 5) is 38.9. The topological polar surface area (TPSA) is 117 Å². The van der Waals surface area contributed by atoms with Gasteiger partial charge in [-0.25, -0.2) is 4.79 Å². The molecule has 2 fully saturated rings. The zero-order valence-corrected chi connectivity index (χ0v) is 18.1. The molecule has 9 nitrogen and oxygen atoms in total. The second-order valence-corrected chi connectivity index (χ2v) is 8.92. The lowest BCUT2D eigenvalue weighted by Crippen LogP contribution is -2.48. The van der Waals surface area contributed by atoms with Crippen LogP contribution >= 0.6 is 0 Å². The minimum atomic E-state index is -0.631. The van der Waals surface area contributed by atoms with Crippen molar-refractivity contribution in [3.63, 3.8) is 0 Å². The zero-order chi connectivity index (χ0) is 22.8. The summed E-state index contributed by atoms with van der Waals surface area (Å²) >= 11 is 0. The van der Waals surface area contributed by atoms with Gasteiger partial charge in [-0.15, -0.1) is 0 Å². The van der Waals surface area contributed by atoms with E-state index in [4.69, 9.17) is 9.47 Å². The van der Waals surface area contributed by atoms with Gasteiger partial charge in [-0.3, -0.25) is 9.59 Å². The van der Waals surface area contributed by atoms with Crippen LogP contribution in [0.3, 0.4) is 0 Å². The molecule has 1 aromatic rings. The largest absolute Gasteiger partial charge is 0.507 e. The van der Waals surface area contributed by atoms with Crippen molar-refractivity contribution in [1.29, 1.82) is 0 Å². The average Bonchev–Trinajstić information content (AvgIpc) is 3.28. The van der Waals surface area contributed by atoms with Crippen LogP contribution in [0.15, 0.2) is 30.9 Å². The van der Waals surface area contributed by atoms with E-state index in [0.717, 1.165) is 6.08 Å². The molecule has 0 saturated carbocycles. The Morgan fingerprint density at radius 3 is 2.71 bits per heavy atom. The third kappa shape index (κ3) is 5.16. The Bertz CT molecular complexity index is 886. The minimum Gasteiger partial charge on any atom is -0.507 e. The smallest absolute Gasteiger partial charge is 0.407 e. The number of carbonyl (C=O) groups is 3. The second kappa shape index (κ2) is 8.58. The van der Waals surface area contributed by atoms with Gasteiger partial charge in [0.2, 0.25) is 5.91 Å². The highest BCUT2D eigenvalue weighted by atomic mass is 16.6. The van der Waals surface area contributed by atoms with Crippen molar-refractivity contribution in [3.05, 3.63) is 36.4 Å². The van der Waals surface area contributed by atoms with E-state index in [0.29, 0.717) is 31.7 Å². The number of likely N-dealkylation sites (tertiary alicyclic amines) is 1. The first-order valence-corrected chi connectivity index (χ1v) is 10.2. The van der Waals surface area contributed by atoms with Gasteiger partial charge in [0, 0.05) is 18.8 Å². The first-order valence-electron chi connectivity index (χ1n) is 10.2. The number of alkyl carbamates (subject to hydrolysis) is 1. The molecule has 0 aliphatic carbocycles. The van der Waals surface area contributed by atoms with Crippen LogP contribution in [0.5, 0.6) is 5.75 Å². The number of anilines is 1. The minimum absolute atomic E-state index is 0.0612. The van der Waals surface area contributed by atoms with E-state index in [1.165, 1.54) is 18.2 Å². The highest BCUT2D eigenvalue weighted by molar-refractivity contribution is 6.02. The van der Waals surface area contributed by atoms with Crippen LogP contribution < -0.4 is 10.6 Å². The molecule has 0 bridgehead atoms. The van der Waals surface area contributed by atoms with Gasteiger partial charge in [-0.05, 0) is 57.9 Å². The van der Waals surface area contributed by atoms with E-state index in [2.05, 4.69) is 17.2 Å². The van der Waals surface area contributed by atoms with Gasteiger partial charge < -0.3 is 30.1 Å². The van der Waals surface area contributed by atoms with Crippen LogP contribution in [-0.4, -0.2) is 64.9 Å². The van der Waals surface area contributed by atoms with E-state index in [1.807, 2.05) is 0 Å². The quantitative estimate of drug-likeness (QED) is 0.498. The molecule has 31 heavy (non-hydrogen) atoms. The Morgan fingerprint density at radius 2 is 2.10 bits per heavy atom. The Kier molecular flexibility index (Phi) is 6.26. The number of hydrogen-bond donors (Lipinski definition) is 3. The predicted octanol–water partition coefficient (Wildman–Crippen LogP) is 2.42. The molecule has 3 rings (SSSR count). The number of nitrogens with zero attached hydrogens (tertiary/aromatic N) is 1. The van der Waals surface area contributed by atoms with E-state index >= 15 is 0 Å². The maximum Gasteiger partial charge on any atom is 0.407 e. The fourth-order valence-corrected chi connectivity index (χ4v) is 4.01. The number of ether oxygens (including phenoxy) is 2. The number of phenolic OH excluding ortho intramolecular Hbond substituents is 1. The molecule has 0 radical (unpaired) electrons. The van der Waals surface area contributed by atoms with Gasteiger partial charge in [0.25, 0.3) is 5.91 Å². The van der Waals surface area contributed by atoms with Crippen molar-refractivity contribution >= 4 is 23.6 Å². The number of nitrogens with one attached hydrogen (secondary N) is 2. The number of aromatic hydroxyl groups is 1. The summed E-state index contributed by atoms with van der Waals surface area (Å²) in [5.41, 5.74) is -0.783. The van der Waals surface area contributed by atoms with Gasteiger partial charge in [0.05, 0.1) is 23.8 Å². The number of phenols is 1. The van der Waals surface area contributed by atoms with Crippen molar-refractivity contribution in [3.8, 4) is 5.75 Å². The van der Waals surface area contributed by atoms with E-state index in [1.54, 1.807) is 25.7 Å². The monoisotopic (exact) mass is 431 g/mol. The molecule has 2 unspecified atom stereocenters. The predicted molar refractivity (Wildman–Crippen MR) is 114 cm³/mol. The van der Waals surface area contributed by atoms with Crippen LogP contribution in [0.1, 0.15) is 44.0 Å². The molecule has 2 heterocycles. The molecule has 2 aliphatic heterocycles. The lowest BCUT2D eigenvalue weighted by atomic mass is 9.93. The fraction of sp³-hybridized carbons (Fsp3) is 0.500. The molecule has 9 heteroatoms. The Hall–Kier alpha value is -3.07. The average molecular weight is 431 g/mol. The highest BCUT2D eigenvalue weighted by Crippen LogP contribution is 2.39. The molecule has 3 N–H and O–H groups in total. The van der Waals surface area contributed by atoms with Crippen molar-refractivity contribution in [2.75, 3.05) is 25.1 Å². The molecular weight excluding hydrogens is 402 g/mol. The summed E-state index contributed by atoms with van der Waals surface area (Å²) in [5, 5.41) is 15.8. The molecule has 1 spiro atoms. The summed E-state index contributed by atoms with van der Waals surface area (Å²) in [6.45, 7) is 9.85. The van der Waals surface area contributed by atoms with Gasteiger partial charge in [0.15, 0.2) is 0 Å². The summed E-state index contributed by atoms with van der Waals surface area (Å²) in [5.74, 6) is -1.02. The van der Waals surface area contributed by atoms with Crippen molar-refractivity contribution in [2.24, 2.45) is 0 Å². The van der Waals surface area contributed by atoms with E-state index < -0.39 is 29.0 Å². The molecule has 2 saturated heterocycles. The van der Waals surface area contributed by atoms with Crippen LogP contribution in [0.25, 0.3) is 0 Å². The van der Waals surface area contributed by atoms with Crippen LogP contribution in [0.4, 0.5) is 10.5 Å². The molecule has 0 aromatic heterocycles. The fourth-order valence-electron chi connectivity index (χ4n) is 4.01.